The Labute approximate surface area is 206 Å². The van der Waals surface area contributed by atoms with E-state index in [4.69, 9.17) is 0 Å². The van der Waals surface area contributed by atoms with Gasteiger partial charge in [0, 0.05) is 23.2 Å². The summed E-state index contributed by atoms with van der Waals surface area (Å²) in [7, 11) is 0. The summed E-state index contributed by atoms with van der Waals surface area (Å²) in [5.74, 6) is 0. The summed E-state index contributed by atoms with van der Waals surface area (Å²) in [5.41, 5.74) is 6.31. The summed E-state index contributed by atoms with van der Waals surface area (Å²) in [6, 6.07) is 35.1. The Morgan fingerprint density at radius 2 is 1.06 bits per heavy atom. The Hall–Kier alpha value is -3.75. The number of fused-ring (bicyclic) bond motifs is 2. The first-order valence-electron chi connectivity index (χ1n) is 10.4. The van der Waals surface area contributed by atoms with E-state index in [2.05, 4.69) is 41.0 Å². The second-order valence-electron chi connectivity index (χ2n) is 7.64. The molecule has 2 heterocycles. The summed E-state index contributed by atoms with van der Waals surface area (Å²) in [6.07, 6.45) is 4.03. The molecule has 5 heteroatoms. The van der Waals surface area contributed by atoms with E-state index in [1.807, 2.05) is 94.6 Å². The van der Waals surface area contributed by atoms with Crippen LogP contribution in [0.5, 0.6) is 0 Å². The molecule has 0 saturated carbocycles. The Morgan fingerprint density at radius 1 is 0.606 bits per heavy atom. The fraction of sp³-hybridized carbons (Fsp3) is 0. The van der Waals surface area contributed by atoms with E-state index in [9.17, 15) is 0 Å². The van der Waals surface area contributed by atoms with Crippen LogP contribution in [0.3, 0.4) is 0 Å². The Bertz CT molecular complexity index is 1420. The molecule has 0 spiro atoms. The van der Waals surface area contributed by atoms with Gasteiger partial charge in [0.15, 0.2) is 0 Å². The molecule has 0 atom stereocenters. The van der Waals surface area contributed by atoms with Crippen molar-refractivity contribution in [3.05, 3.63) is 127 Å². The van der Waals surface area contributed by atoms with Crippen molar-refractivity contribution in [2.75, 3.05) is 0 Å². The molecule has 0 bridgehead atoms. The fourth-order valence-electron chi connectivity index (χ4n) is 3.85. The van der Waals surface area contributed by atoms with Gasteiger partial charge in [-0.25, -0.2) is 0 Å². The minimum Gasteiger partial charge on any atom is -0.258 e. The maximum Gasteiger partial charge on any atom is 2.00 e. The molecule has 160 valence electrons. The van der Waals surface area contributed by atoms with Gasteiger partial charge < -0.3 is 0 Å². The van der Waals surface area contributed by atoms with Crippen LogP contribution in [0.25, 0.3) is 38.8 Å². The first-order chi connectivity index (χ1) is 15.7. The van der Waals surface area contributed by atoms with Crippen LogP contribution in [0.1, 0.15) is 11.1 Å². The van der Waals surface area contributed by atoms with E-state index in [-0.39, 0.29) is 21.1 Å². The molecular weight excluding hydrogens is 587 g/mol. The van der Waals surface area contributed by atoms with E-state index < -0.39 is 0 Å². The van der Waals surface area contributed by atoms with Crippen LogP contribution in [0.15, 0.2) is 104 Å². The number of hydrogen-bond acceptors (Lipinski definition) is 2. The molecule has 4 aromatic carbocycles. The molecule has 0 N–H and O–H groups in total. The maximum absolute atomic E-state index is 4.67. The van der Waals surface area contributed by atoms with Crippen molar-refractivity contribution in [1.29, 1.82) is 0 Å². The zero-order valence-electron chi connectivity index (χ0n) is 17.5. The van der Waals surface area contributed by atoms with Gasteiger partial charge in [-0.2, -0.15) is 10.2 Å². The van der Waals surface area contributed by atoms with Crippen molar-refractivity contribution < 1.29 is 21.1 Å². The third-order valence-corrected chi connectivity index (χ3v) is 5.53. The van der Waals surface area contributed by atoms with E-state index in [1.54, 1.807) is 0 Å². The number of nitrogens with zero attached hydrogens (tertiary/aromatic N) is 4. The van der Waals surface area contributed by atoms with Gasteiger partial charge in [-0.15, -0.1) is 71.8 Å². The molecule has 4 nitrogen and oxygen atoms in total. The molecule has 2 aromatic heterocycles. The predicted molar refractivity (Wildman–Crippen MR) is 128 cm³/mol. The number of rotatable bonds is 4. The normalized spacial score (nSPS) is 10.9. The summed E-state index contributed by atoms with van der Waals surface area (Å²) in [5, 5.41) is 11.5. The quantitative estimate of drug-likeness (QED) is 0.231. The van der Waals surface area contributed by atoms with Gasteiger partial charge >= 0.3 is 21.1 Å². The second kappa shape index (κ2) is 8.65. The predicted octanol–water partition coefficient (Wildman–Crippen LogP) is 6.02. The molecule has 0 saturated heterocycles. The van der Waals surface area contributed by atoms with Crippen LogP contribution in [0.4, 0.5) is 0 Å². The molecule has 6 aromatic rings. The van der Waals surface area contributed by atoms with Gasteiger partial charge in [-0.05, 0) is 23.5 Å². The molecule has 0 amide bonds. The monoisotopic (exact) mass is 605 g/mol. The molecule has 0 aliphatic rings. The van der Waals surface area contributed by atoms with Gasteiger partial charge in [0.2, 0.25) is 0 Å². The summed E-state index contributed by atoms with van der Waals surface area (Å²) >= 11 is 0. The van der Waals surface area contributed by atoms with Gasteiger partial charge in [-0.1, -0.05) is 36.4 Å². The topological polar surface area (TPSA) is 35.6 Å². The molecule has 33 heavy (non-hydrogen) atoms. The number of hydrogen-bond donors (Lipinski definition) is 0. The van der Waals surface area contributed by atoms with E-state index >= 15 is 0 Å². The molecule has 0 radical (unpaired) electrons. The van der Waals surface area contributed by atoms with Crippen molar-refractivity contribution in [3.63, 3.8) is 0 Å². The summed E-state index contributed by atoms with van der Waals surface area (Å²) in [4.78, 5) is 0. The van der Waals surface area contributed by atoms with Crippen molar-refractivity contribution >= 4 is 27.4 Å². The standard InChI is InChI=1S/C28H18N4.Pt/c1-20(21-10-6-12-25(16-21)31-18-23-8-2-4-14-27(23)29-31)22-11-7-13-26(17-22)32-19-24-9-3-5-15-28(24)30-32;/h2-15,18-19H,1H2;/q-2;+2. The maximum atomic E-state index is 4.67. The second-order valence-corrected chi connectivity index (χ2v) is 7.64. The van der Waals surface area contributed by atoms with Crippen LogP contribution in [-0.4, -0.2) is 19.6 Å². The van der Waals surface area contributed by atoms with Crippen molar-refractivity contribution in [1.82, 2.24) is 19.6 Å². The Balaban J connectivity index is 0.00000228. The van der Waals surface area contributed by atoms with Gasteiger partial charge in [-0.3, -0.25) is 9.36 Å². The molecule has 0 aliphatic heterocycles. The Morgan fingerprint density at radius 3 is 1.52 bits per heavy atom. The van der Waals surface area contributed by atoms with Crippen LogP contribution in [0.2, 0.25) is 0 Å². The molecular formula is C28H18N4Pt. The van der Waals surface area contributed by atoms with Gasteiger partial charge in [0.1, 0.15) is 0 Å². The average Bonchev–Trinajstić information content (AvgIpc) is 3.48. The van der Waals surface area contributed by atoms with Gasteiger partial charge in [0.05, 0.1) is 11.0 Å². The number of benzene rings is 4. The minimum absolute atomic E-state index is 0. The van der Waals surface area contributed by atoms with E-state index in [0.717, 1.165) is 49.9 Å². The van der Waals surface area contributed by atoms with Crippen LogP contribution < -0.4 is 0 Å². The summed E-state index contributed by atoms with van der Waals surface area (Å²) in [6.45, 7) is 4.33. The molecule has 0 fully saturated rings. The van der Waals surface area contributed by atoms with Crippen molar-refractivity contribution in [3.8, 4) is 11.4 Å². The van der Waals surface area contributed by atoms with Crippen LogP contribution in [0, 0.1) is 12.1 Å². The van der Waals surface area contributed by atoms with E-state index in [0.29, 0.717) is 0 Å². The minimum atomic E-state index is 0. The fourth-order valence-corrected chi connectivity index (χ4v) is 3.85. The third kappa shape index (κ3) is 3.94. The first-order valence-corrected chi connectivity index (χ1v) is 10.4. The number of aromatic nitrogens is 4. The first kappa shape index (κ1) is 21.1. The SMILES string of the molecule is C=C(c1[c-]c(-n2cc3ccccc3n2)ccc1)c1[c-]c(-n2cc3ccccc3n2)ccc1.[Pt+2]. The van der Waals surface area contributed by atoms with Gasteiger partial charge in [0.25, 0.3) is 0 Å². The summed E-state index contributed by atoms with van der Waals surface area (Å²) < 4.78 is 3.72. The van der Waals surface area contributed by atoms with Crippen molar-refractivity contribution in [2.24, 2.45) is 0 Å². The third-order valence-electron chi connectivity index (χ3n) is 5.53. The molecule has 6 rings (SSSR count). The molecule has 0 unspecified atom stereocenters. The van der Waals surface area contributed by atoms with Crippen molar-refractivity contribution in [2.45, 2.75) is 0 Å². The average molecular weight is 606 g/mol. The van der Waals surface area contributed by atoms with Crippen LogP contribution in [-0.2, 0) is 21.1 Å². The zero-order valence-corrected chi connectivity index (χ0v) is 19.8. The zero-order chi connectivity index (χ0) is 21.5. The van der Waals surface area contributed by atoms with E-state index in [1.165, 1.54) is 0 Å². The Kier molecular flexibility index (Phi) is 5.53. The smallest absolute Gasteiger partial charge is 0.258 e. The van der Waals surface area contributed by atoms with Crippen LogP contribution >= 0.6 is 0 Å². The largest absolute Gasteiger partial charge is 2.00 e. The molecule has 0 aliphatic carbocycles.